The summed E-state index contributed by atoms with van der Waals surface area (Å²) in [6.45, 7) is 0. The van der Waals surface area contributed by atoms with Crippen molar-refractivity contribution in [2.45, 2.75) is 19.3 Å². The summed E-state index contributed by atoms with van der Waals surface area (Å²) >= 11 is 0. The van der Waals surface area contributed by atoms with Crippen LogP contribution in [-0.2, 0) is 9.84 Å². The van der Waals surface area contributed by atoms with E-state index in [9.17, 15) is 8.42 Å². The van der Waals surface area contributed by atoms with Crippen LogP contribution in [0.4, 0.5) is 0 Å². The zero-order valence-electron chi connectivity index (χ0n) is 14.2. The van der Waals surface area contributed by atoms with Gasteiger partial charge in [-0.25, -0.2) is 18.7 Å². The average molecular weight is 353 g/mol. The second-order valence-electron chi connectivity index (χ2n) is 6.16. The van der Waals surface area contributed by atoms with E-state index >= 15 is 0 Å². The molecular weight excluding hydrogens is 332 g/mol. The minimum atomic E-state index is -2.91. The zero-order valence-corrected chi connectivity index (χ0v) is 15.0. The van der Waals surface area contributed by atoms with Gasteiger partial charge in [0.15, 0.2) is 0 Å². The molecule has 0 amide bonds. The van der Waals surface area contributed by atoms with E-state index in [1.165, 1.54) is 6.26 Å². The first-order chi connectivity index (χ1) is 12.0. The Morgan fingerprint density at radius 1 is 0.800 bits per heavy atom. The second-order valence-corrected chi connectivity index (χ2v) is 8.42. The number of hydrogen-bond donors (Lipinski definition) is 0. The number of benzene rings is 2. The molecule has 129 valence electrons. The van der Waals surface area contributed by atoms with Gasteiger partial charge < -0.3 is 0 Å². The van der Waals surface area contributed by atoms with Crippen LogP contribution >= 0.6 is 0 Å². The monoisotopic (exact) mass is 353 g/mol. The molecule has 0 spiro atoms. The average Bonchev–Trinajstić information content (AvgIpc) is 3.04. The van der Waals surface area contributed by atoms with Crippen LogP contribution in [0.3, 0.4) is 0 Å². The highest BCUT2D eigenvalue weighted by Gasteiger charge is 2.21. The number of sulfone groups is 1. The maximum absolute atomic E-state index is 11.2. The molecular formula is C20H21N2O2S. The summed E-state index contributed by atoms with van der Waals surface area (Å²) in [7, 11) is -2.91. The Kier molecular flexibility index (Phi) is 5.34. The summed E-state index contributed by atoms with van der Waals surface area (Å²) in [5.74, 6) is 0.983. The molecule has 3 rings (SSSR count). The Hall–Kier alpha value is -2.40. The maximum atomic E-state index is 11.2. The lowest BCUT2D eigenvalue weighted by atomic mass is 10.1. The first-order valence-corrected chi connectivity index (χ1v) is 10.4. The first kappa shape index (κ1) is 17.4. The van der Waals surface area contributed by atoms with Crippen molar-refractivity contribution in [1.29, 1.82) is 0 Å². The maximum Gasteiger partial charge on any atom is 0.147 e. The predicted molar refractivity (Wildman–Crippen MR) is 103 cm³/mol. The van der Waals surface area contributed by atoms with Gasteiger partial charge in [0.05, 0.1) is 11.4 Å². The first-order valence-electron chi connectivity index (χ1n) is 8.35. The second kappa shape index (κ2) is 7.66. The lowest BCUT2D eigenvalue weighted by Crippen LogP contribution is -2.11. The van der Waals surface area contributed by atoms with E-state index in [1.54, 1.807) is 0 Å². The van der Waals surface area contributed by atoms with E-state index in [4.69, 9.17) is 10.3 Å². The largest absolute Gasteiger partial charge is 0.231 e. The minimum absolute atomic E-state index is 0.213. The van der Waals surface area contributed by atoms with Crippen molar-refractivity contribution in [2.24, 2.45) is 4.99 Å². The van der Waals surface area contributed by atoms with E-state index in [0.717, 1.165) is 34.8 Å². The summed E-state index contributed by atoms with van der Waals surface area (Å²) in [5, 5.41) is 4.73. The molecule has 0 aromatic heterocycles. The summed E-state index contributed by atoms with van der Waals surface area (Å²) in [5.41, 5.74) is 3.84. The number of rotatable bonds is 7. The van der Waals surface area contributed by atoms with Crippen LogP contribution in [0.2, 0.25) is 0 Å². The van der Waals surface area contributed by atoms with E-state index in [0.29, 0.717) is 12.8 Å². The van der Waals surface area contributed by atoms with Crippen molar-refractivity contribution < 1.29 is 8.42 Å². The van der Waals surface area contributed by atoms with Crippen molar-refractivity contribution >= 4 is 27.1 Å². The third-order valence-corrected chi connectivity index (χ3v) is 5.00. The quantitative estimate of drug-likeness (QED) is 0.712. The fourth-order valence-corrected chi connectivity index (χ4v) is 3.47. The van der Waals surface area contributed by atoms with Crippen molar-refractivity contribution in [3.05, 3.63) is 71.8 Å². The van der Waals surface area contributed by atoms with Crippen LogP contribution in [0, 0.1) is 0 Å². The fraction of sp³-hybridized carbons (Fsp3) is 0.250. The van der Waals surface area contributed by atoms with Crippen molar-refractivity contribution in [1.82, 2.24) is 5.32 Å². The fourth-order valence-electron chi connectivity index (χ4n) is 2.74. The Morgan fingerprint density at radius 3 is 1.92 bits per heavy atom. The molecule has 0 saturated heterocycles. The Morgan fingerprint density at radius 2 is 1.36 bits per heavy atom. The number of unbranched alkanes of at least 4 members (excludes halogenated alkanes) is 1. The molecule has 1 radical (unpaired) electrons. The highest BCUT2D eigenvalue weighted by molar-refractivity contribution is 7.90. The molecule has 1 aliphatic rings. The molecule has 2 aromatic rings. The molecule has 2 aromatic carbocycles. The van der Waals surface area contributed by atoms with E-state index in [1.807, 2.05) is 60.7 Å². The highest BCUT2D eigenvalue weighted by Crippen LogP contribution is 2.31. The van der Waals surface area contributed by atoms with Gasteiger partial charge >= 0.3 is 0 Å². The summed E-state index contributed by atoms with van der Waals surface area (Å²) in [6, 6.07) is 20.0. The number of aliphatic imine (C=N–C) groups is 1. The van der Waals surface area contributed by atoms with Gasteiger partial charge in [-0.3, -0.25) is 0 Å². The van der Waals surface area contributed by atoms with Crippen molar-refractivity contribution in [2.75, 3.05) is 12.0 Å². The van der Waals surface area contributed by atoms with Gasteiger partial charge in [-0.1, -0.05) is 60.7 Å². The minimum Gasteiger partial charge on any atom is -0.231 e. The number of nitrogens with zero attached hydrogens (tertiary/aromatic N) is 2. The SMILES string of the molecule is CS(=O)(=O)CCCCC1=NC(c2ccccc2)=C(c2ccccc2)[N]1. The van der Waals surface area contributed by atoms with Crippen LogP contribution in [-0.4, -0.2) is 26.3 Å². The molecule has 0 atom stereocenters. The van der Waals surface area contributed by atoms with Crippen LogP contribution in [0.1, 0.15) is 30.4 Å². The number of hydrogen-bond acceptors (Lipinski definition) is 3. The molecule has 0 aliphatic carbocycles. The summed E-state index contributed by atoms with van der Waals surface area (Å²) in [6.07, 6.45) is 3.35. The van der Waals surface area contributed by atoms with E-state index < -0.39 is 9.84 Å². The molecule has 0 fully saturated rings. The van der Waals surface area contributed by atoms with Gasteiger partial charge in [0.1, 0.15) is 15.7 Å². The molecule has 4 nitrogen and oxygen atoms in total. The Bertz CT molecular complexity index is 886. The Balaban J connectivity index is 1.77. The topological polar surface area (TPSA) is 60.6 Å². The van der Waals surface area contributed by atoms with Crippen molar-refractivity contribution in [3.8, 4) is 0 Å². The summed E-state index contributed by atoms with van der Waals surface area (Å²) < 4.78 is 22.5. The highest BCUT2D eigenvalue weighted by atomic mass is 32.2. The van der Waals surface area contributed by atoms with Crippen molar-refractivity contribution in [3.63, 3.8) is 0 Å². The lowest BCUT2D eigenvalue weighted by Gasteiger charge is -2.06. The Labute approximate surface area is 149 Å². The predicted octanol–water partition coefficient (Wildman–Crippen LogP) is 3.74. The molecule has 1 aliphatic heterocycles. The molecule has 0 saturated carbocycles. The van der Waals surface area contributed by atoms with Crippen LogP contribution < -0.4 is 5.32 Å². The lowest BCUT2D eigenvalue weighted by molar-refractivity contribution is 0.597. The smallest absolute Gasteiger partial charge is 0.147 e. The summed E-state index contributed by atoms with van der Waals surface area (Å²) in [4.78, 5) is 4.73. The molecule has 5 heteroatoms. The van der Waals surface area contributed by atoms with Crippen LogP contribution in [0.25, 0.3) is 11.4 Å². The van der Waals surface area contributed by atoms with Gasteiger partial charge in [0.25, 0.3) is 0 Å². The molecule has 0 unspecified atom stereocenters. The van der Waals surface area contributed by atoms with E-state index in [-0.39, 0.29) is 5.75 Å². The molecule has 25 heavy (non-hydrogen) atoms. The van der Waals surface area contributed by atoms with Gasteiger partial charge in [-0.2, -0.15) is 0 Å². The van der Waals surface area contributed by atoms with Crippen LogP contribution in [0.5, 0.6) is 0 Å². The van der Waals surface area contributed by atoms with E-state index in [2.05, 4.69) is 0 Å². The van der Waals surface area contributed by atoms with Gasteiger partial charge in [0, 0.05) is 29.6 Å². The molecule has 0 bridgehead atoms. The third-order valence-electron chi connectivity index (χ3n) is 3.97. The molecule has 0 N–H and O–H groups in total. The third kappa shape index (κ3) is 4.79. The molecule has 1 heterocycles. The zero-order chi connectivity index (χ0) is 17.7. The van der Waals surface area contributed by atoms with Gasteiger partial charge in [-0.15, -0.1) is 0 Å². The standard InChI is InChI=1S/C20H21N2O2S/c1-25(23,24)15-9-8-14-18-21-19(16-10-4-2-5-11-16)20(22-18)17-12-6-3-7-13-17/h2-7,10-13H,8-9,14-15H2,1H3. The van der Waals surface area contributed by atoms with Gasteiger partial charge in [0.2, 0.25) is 0 Å². The van der Waals surface area contributed by atoms with Gasteiger partial charge in [-0.05, 0) is 12.8 Å². The van der Waals surface area contributed by atoms with Crippen LogP contribution in [0.15, 0.2) is 65.7 Å². The normalized spacial score (nSPS) is 14.4. The number of amidine groups is 1.